The van der Waals surface area contributed by atoms with Crippen molar-refractivity contribution in [3.63, 3.8) is 0 Å². The number of hydrogen-bond acceptors (Lipinski definition) is 2. The van der Waals surface area contributed by atoms with Crippen molar-refractivity contribution < 1.29 is 13.9 Å². The fourth-order valence-electron chi connectivity index (χ4n) is 2.12. The summed E-state index contributed by atoms with van der Waals surface area (Å²) < 4.78 is 14.1. The molecule has 0 amide bonds. The molecule has 0 bridgehead atoms. The molecule has 3 nitrogen and oxygen atoms in total. The van der Waals surface area contributed by atoms with Crippen LogP contribution in [0.2, 0.25) is 5.02 Å². The summed E-state index contributed by atoms with van der Waals surface area (Å²) in [6.45, 7) is 0. The topological polar surface area (TPSA) is 43.1 Å². The molecule has 0 aromatic heterocycles. The second-order valence-electron chi connectivity index (χ2n) is 4.09. The smallest absolute Gasteiger partial charge is 0.275 e. The summed E-state index contributed by atoms with van der Waals surface area (Å²) in [5.74, 6) is -1.13. The predicted octanol–water partition coefficient (Wildman–Crippen LogP) is 3.31. The number of fused-ring (bicyclic) bond motifs is 1. The average Bonchev–Trinajstić information content (AvgIpc) is 2.64. The van der Waals surface area contributed by atoms with E-state index in [0.717, 1.165) is 0 Å². The number of carbonyl (C=O) groups is 1. The van der Waals surface area contributed by atoms with Gasteiger partial charge in [0.05, 0.1) is 5.56 Å². The Balaban J connectivity index is 2.29. The number of ketones is 1. The first-order chi connectivity index (χ1) is 9.11. The van der Waals surface area contributed by atoms with E-state index in [9.17, 15) is 14.4 Å². The standard InChI is InChI=1S/C14H7ClFNO2/c15-10-6-3-5-9-12(10)17(19)13(14(9)18)8-4-1-2-7-11(8)16/h1-7H. The van der Waals surface area contributed by atoms with Gasteiger partial charge < -0.3 is 5.21 Å². The number of carbonyl (C=O) groups excluding carboxylic acids is 1. The van der Waals surface area contributed by atoms with Crippen LogP contribution in [0.1, 0.15) is 15.9 Å². The van der Waals surface area contributed by atoms with Crippen molar-refractivity contribution in [2.24, 2.45) is 0 Å². The van der Waals surface area contributed by atoms with Crippen LogP contribution in [-0.4, -0.2) is 16.2 Å². The molecule has 0 N–H and O–H groups in total. The Labute approximate surface area is 113 Å². The Hall–Kier alpha value is -2.20. The molecule has 1 heterocycles. The van der Waals surface area contributed by atoms with Crippen LogP contribution in [0.25, 0.3) is 0 Å². The highest BCUT2D eigenvalue weighted by Crippen LogP contribution is 2.34. The SMILES string of the molecule is O=C1C(c2ccccc2F)=[N+]([O-])c2c(Cl)cccc21. The van der Waals surface area contributed by atoms with E-state index in [0.29, 0.717) is 4.74 Å². The van der Waals surface area contributed by atoms with Crippen molar-refractivity contribution in [3.8, 4) is 0 Å². The third kappa shape index (κ3) is 1.64. The molecule has 0 fully saturated rings. The van der Waals surface area contributed by atoms with E-state index >= 15 is 0 Å². The van der Waals surface area contributed by atoms with E-state index in [4.69, 9.17) is 11.6 Å². The van der Waals surface area contributed by atoms with Gasteiger partial charge in [0.15, 0.2) is 0 Å². The summed E-state index contributed by atoms with van der Waals surface area (Å²) in [5.41, 5.74) is 0.0177. The number of Topliss-reactive ketones (excluding diaryl/α,β-unsaturated/α-hetero) is 1. The molecule has 19 heavy (non-hydrogen) atoms. The van der Waals surface area contributed by atoms with Crippen molar-refractivity contribution >= 4 is 28.8 Å². The monoisotopic (exact) mass is 275 g/mol. The van der Waals surface area contributed by atoms with Crippen LogP contribution in [0.5, 0.6) is 0 Å². The lowest BCUT2D eigenvalue weighted by Gasteiger charge is -2.03. The molecule has 0 saturated carbocycles. The maximum absolute atomic E-state index is 13.7. The molecular formula is C14H7ClFNO2. The Morgan fingerprint density at radius 3 is 2.42 bits per heavy atom. The van der Waals surface area contributed by atoms with E-state index in [1.165, 1.54) is 30.3 Å². The van der Waals surface area contributed by atoms with E-state index < -0.39 is 11.6 Å². The van der Waals surface area contributed by atoms with Gasteiger partial charge >= 0.3 is 0 Å². The minimum absolute atomic E-state index is 0.0187. The lowest BCUT2D eigenvalue weighted by molar-refractivity contribution is -0.355. The van der Waals surface area contributed by atoms with Crippen LogP contribution in [0, 0.1) is 11.0 Å². The summed E-state index contributed by atoms with van der Waals surface area (Å²) in [6, 6.07) is 10.3. The van der Waals surface area contributed by atoms with Gasteiger partial charge in [-0.3, -0.25) is 4.79 Å². The third-order valence-electron chi connectivity index (χ3n) is 2.98. The lowest BCUT2D eigenvalue weighted by atomic mass is 10.0. The molecule has 0 unspecified atom stereocenters. The van der Waals surface area contributed by atoms with Gasteiger partial charge in [0.2, 0.25) is 5.69 Å². The summed E-state index contributed by atoms with van der Waals surface area (Å²) >= 11 is 5.92. The van der Waals surface area contributed by atoms with Gasteiger partial charge in [0.1, 0.15) is 16.4 Å². The van der Waals surface area contributed by atoms with E-state index in [-0.39, 0.29) is 27.5 Å². The van der Waals surface area contributed by atoms with E-state index in [1.54, 1.807) is 12.1 Å². The zero-order valence-electron chi connectivity index (χ0n) is 9.56. The maximum Gasteiger partial charge on any atom is 0.275 e. The Kier molecular flexibility index (Phi) is 2.61. The van der Waals surface area contributed by atoms with Crippen LogP contribution < -0.4 is 0 Å². The molecule has 2 aromatic carbocycles. The number of para-hydroxylation sites is 1. The third-order valence-corrected chi connectivity index (χ3v) is 3.29. The van der Waals surface area contributed by atoms with Crippen LogP contribution >= 0.6 is 11.6 Å². The summed E-state index contributed by atoms with van der Waals surface area (Å²) in [5, 5.41) is 12.4. The fourth-order valence-corrected chi connectivity index (χ4v) is 2.37. The van der Waals surface area contributed by atoms with Crippen LogP contribution in [0.15, 0.2) is 42.5 Å². The molecule has 0 aliphatic carbocycles. The molecule has 0 spiro atoms. The molecule has 2 aromatic rings. The molecule has 0 saturated heterocycles. The molecular weight excluding hydrogens is 269 g/mol. The molecule has 1 aliphatic rings. The zero-order chi connectivity index (χ0) is 13.6. The van der Waals surface area contributed by atoms with Gasteiger partial charge in [-0.15, -0.1) is 0 Å². The molecule has 0 atom stereocenters. The normalized spacial score (nSPS) is 13.9. The van der Waals surface area contributed by atoms with Gasteiger partial charge in [-0.25, -0.2) is 4.39 Å². The molecule has 1 aliphatic heterocycles. The first-order valence-corrected chi connectivity index (χ1v) is 5.91. The van der Waals surface area contributed by atoms with Crippen molar-refractivity contribution in [2.45, 2.75) is 0 Å². The van der Waals surface area contributed by atoms with Crippen molar-refractivity contribution in [1.82, 2.24) is 0 Å². The molecule has 5 heteroatoms. The van der Waals surface area contributed by atoms with E-state index in [1.807, 2.05) is 0 Å². The molecule has 94 valence electrons. The van der Waals surface area contributed by atoms with Crippen LogP contribution in [0.3, 0.4) is 0 Å². The minimum Gasteiger partial charge on any atom is -0.618 e. The number of benzene rings is 2. The van der Waals surface area contributed by atoms with Gasteiger partial charge in [-0.1, -0.05) is 29.8 Å². The first kappa shape index (κ1) is 11.9. The van der Waals surface area contributed by atoms with Gasteiger partial charge in [0.25, 0.3) is 11.5 Å². The molecule has 0 radical (unpaired) electrons. The zero-order valence-corrected chi connectivity index (χ0v) is 10.3. The second-order valence-corrected chi connectivity index (χ2v) is 4.50. The Morgan fingerprint density at radius 2 is 1.74 bits per heavy atom. The highest BCUT2D eigenvalue weighted by atomic mass is 35.5. The summed E-state index contributed by atoms with van der Waals surface area (Å²) in [6.07, 6.45) is 0. The Bertz CT molecular complexity index is 740. The van der Waals surface area contributed by atoms with Crippen LogP contribution in [-0.2, 0) is 0 Å². The average molecular weight is 276 g/mol. The van der Waals surface area contributed by atoms with Crippen LogP contribution in [0.4, 0.5) is 10.1 Å². The Morgan fingerprint density at radius 1 is 1.05 bits per heavy atom. The highest BCUT2D eigenvalue weighted by molar-refractivity contribution is 6.53. The molecule has 3 rings (SSSR count). The number of nitrogens with zero attached hydrogens (tertiary/aromatic N) is 1. The van der Waals surface area contributed by atoms with Crippen molar-refractivity contribution in [2.75, 3.05) is 0 Å². The van der Waals surface area contributed by atoms with E-state index in [2.05, 4.69) is 0 Å². The van der Waals surface area contributed by atoms with Crippen molar-refractivity contribution in [3.05, 3.63) is 69.6 Å². The highest BCUT2D eigenvalue weighted by Gasteiger charge is 2.39. The quantitative estimate of drug-likeness (QED) is 0.592. The number of halogens is 2. The maximum atomic E-state index is 13.7. The fraction of sp³-hybridized carbons (Fsp3) is 0. The predicted molar refractivity (Wildman–Crippen MR) is 69.6 cm³/mol. The van der Waals surface area contributed by atoms with Gasteiger partial charge in [-0.2, -0.15) is 4.74 Å². The van der Waals surface area contributed by atoms with Gasteiger partial charge in [0, 0.05) is 0 Å². The minimum atomic E-state index is -0.615. The number of hydrogen-bond donors (Lipinski definition) is 0. The largest absolute Gasteiger partial charge is 0.618 e. The first-order valence-electron chi connectivity index (χ1n) is 5.53. The summed E-state index contributed by atoms with van der Waals surface area (Å²) in [4.78, 5) is 12.2. The lowest BCUT2D eigenvalue weighted by Crippen LogP contribution is -2.18. The van der Waals surface area contributed by atoms with Gasteiger partial charge in [-0.05, 0) is 24.3 Å². The summed E-state index contributed by atoms with van der Waals surface area (Å²) in [7, 11) is 0. The number of rotatable bonds is 1. The van der Waals surface area contributed by atoms with Crippen molar-refractivity contribution in [1.29, 1.82) is 0 Å². The second kappa shape index (κ2) is 4.17.